The maximum absolute atomic E-state index is 13.7. The molecule has 1 aromatic carbocycles. The van der Waals surface area contributed by atoms with Crippen molar-refractivity contribution in [3.05, 3.63) is 29.3 Å². The van der Waals surface area contributed by atoms with Crippen LogP contribution in [0.5, 0.6) is 0 Å². The molecule has 0 atom stereocenters. The van der Waals surface area contributed by atoms with Crippen LogP contribution >= 0.6 is 0 Å². The summed E-state index contributed by atoms with van der Waals surface area (Å²) in [5.74, 6) is -4.53. The summed E-state index contributed by atoms with van der Waals surface area (Å²) < 4.78 is 63.4. The summed E-state index contributed by atoms with van der Waals surface area (Å²) in [6, 6.07) is 1.51. The van der Waals surface area contributed by atoms with Crippen molar-refractivity contribution in [3.63, 3.8) is 0 Å². The number of amides is 1. The minimum atomic E-state index is -3.98. The largest absolute Gasteiger partial charge is 0.365 e. The molecule has 0 aliphatic heterocycles. The number of benzene rings is 1. The van der Waals surface area contributed by atoms with Crippen molar-refractivity contribution in [2.45, 2.75) is 6.42 Å². The Balaban J connectivity index is 3.10. The molecule has 106 valence electrons. The fraction of sp³-hybridized carbons (Fsp3) is 0.300. The highest BCUT2D eigenvalue weighted by Crippen LogP contribution is 2.22. The lowest BCUT2D eigenvalue weighted by Crippen LogP contribution is -2.21. The van der Waals surface area contributed by atoms with E-state index in [1.54, 1.807) is 4.72 Å². The lowest BCUT2D eigenvalue weighted by molar-refractivity contribution is 0.0992. The Morgan fingerprint density at radius 2 is 1.95 bits per heavy atom. The van der Waals surface area contributed by atoms with Crippen molar-refractivity contribution < 1.29 is 26.4 Å². The Bertz CT molecular complexity index is 590. The van der Waals surface area contributed by atoms with Gasteiger partial charge in [0.1, 0.15) is 11.4 Å². The van der Waals surface area contributed by atoms with E-state index in [0.29, 0.717) is 6.07 Å². The molecule has 0 unspecified atom stereocenters. The van der Waals surface area contributed by atoms with Crippen LogP contribution in [0.25, 0.3) is 0 Å². The standard InChI is InChI=1S/C10H11F3N2O3S/c11-4-1-5-19(17,18)15-7-3-2-6(12)8(9(7)13)10(14)16/h2-3,15H,1,4-5H2,(H2,14,16). The number of rotatable bonds is 6. The van der Waals surface area contributed by atoms with Gasteiger partial charge in [0.15, 0.2) is 5.82 Å². The highest BCUT2D eigenvalue weighted by Gasteiger charge is 2.21. The molecule has 0 bridgehead atoms. The average molecular weight is 296 g/mol. The van der Waals surface area contributed by atoms with E-state index in [-0.39, 0.29) is 6.42 Å². The molecule has 3 N–H and O–H groups in total. The van der Waals surface area contributed by atoms with Gasteiger partial charge in [-0.25, -0.2) is 17.2 Å². The topological polar surface area (TPSA) is 89.3 Å². The summed E-state index contributed by atoms with van der Waals surface area (Å²) >= 11 is 0. The third-order valence-corrected chi connectivity index (χ3v) is 3.51. The Kier molecular flexibility index (Phi) is 4.76. The van der Waals surface area contributed by atoms with Crippen molar-refractivity contribution in [1.82, 2.24) is 0 Å². The Hall–Kier alpha value is -1.77. The third-order valence-electron chi connectivity index (χ3n) is 2.15. The Morgan fingerprint density at radius 1 is 1.32 bits per heavy atom. The molecule has 5 nitrogen and oxygen atoms in total. The molecule has 1 amide bonds. The van der Waals surface area contributed by atoms with E-state index < -0.39 is 51.2 Å². The highest BCUT2D eigenvalue weighted by atomic mass is 32.2. The molecule has 1 aromatic rings. The predicted octanol–water partition coefficient (Wildman–Crippen LogP) is 1.17. The van der Waals surface area contributed by atoms with Crippen molar-refractivity contribution in [1.29, 1.82) is 0 Å². The zero-order chi connectivity index (χ0) is 14.6. The lowest BCUT2D eigenvalue weighted by atomic mass is 10.1. The molecule has 9 heteroatoms. The van der Waals surface area contributed by atoms with Gasteiger partial charge in [-0.05, 0) is 18.6 Å². The second-order valence-electron chi connectivity index (χ2n) is 3.61. The summed E-state index contributed by atoms with van der Waals surface area (Å²) in [6.07, 6.45) is -0.263. The van der Waals surface area contributed by atoms with Gasteiger partial charge in [0.2, 0.25) is 10.0 Å². The molecule has 1 rings (SSSR count). The van der Waals surface area contributed by atoms with Gasteiger partial charge in [-0.3, -0.25) is 13.9 Å². The zero-order valence-corrected chi connectivity index (χ0v) is 10.4. The van der Waals surface area contributed by atoms with Gasteiger partial charge in [0, 0.05) is 0 Å². The van der Waals surface area contributed by atoms with Crippen molar-refractivity contribution in [2.24, 2.45) is 5.73 Å². The maximum atomic E-state index is 13.7. The number of carbonyl (C=O) groups excluding carboxylic acids is 1. The van der Waals surface area contributed by atoms with Crippen LogP contribution in [0.3, 0.4) is 0 Å². The second-order valence-corrected chi connectivity index (χ2v) is 5.45. The van der Waals surface area contributed by atoms with E-state index in [9.17, 15) is 26.4 Å². The number of anilines is 1. The van der Waals surface area contributed by atoms with Gasteiger partial charge in [-0.15, -0.1) is 0 Å². The van der Waals surface area contributed by atoms with Crippen LogP contribution in [-0.2, 0) is 10.0 Å². The smallest absolute Gasteiger partial charge is 0.254 e. The third kappa shape index (κ3) is 3.85. The second kappa shape index (κ2) is 5.91. The molecule has 19 heavy (non-hydrogen) atoms. The number of sulfonamides is 1. The molecule has 0 saturated carbocycles. The average Bonchev–Trinajstić information content (AvgIpc) is 2.30. The summed E-state index contributed by atoms with van der Waals surface area (Å²) in [7, 11) is -3.98. The van der Waals surface area contributed by atoms with Crippen LogP contribution in [0.15, 0.2) is 12.1 Å². The minimum absolute atomic E-state index is 0.263. The molecule has 0 fully saturated rings. The molecule has 0 radical (unpaired) electrons. The first-order valence-electron chi connectivity index (χ1n) is 5.12. The SMILES string of the molecule is NC(=O)c1c(F)ccc(NS(=O)(=O)CCCF)c1F. The number of halogens is 3. The van der Waals surface area contributed by atoms with Gasteiger partial charge in [-0.1, -0.05) is 0 Å². The number of primary amides is 1. The molecule has 0 aromatic heterocycles. The lowest BCUT2D eigenvalue weighted by Gasteiger charge is -2.10. The highest BCUT2D eigenvalue weighted by molar-refractivity contribution is 7.92. The van der Waals surface area contributed by atoms with Crippen LogP contribution in [0.1, 0.15) is 16.8 Å². The molecule has 0 saturated heterocycles. The van der Waals surface area contributed by atoms with E-state index >= 15 is 0 Å². The van der Waals surface area contributed by atoms with Crippen LogP contribution < -0.4 is 10.5 Å². The first-order valence-corrected chi connectivity index (χ1v) is 6.78. The van der Waals surface area contributed by atoms with Gasteiger partial charge in [0.25, 0.3) is 5.91 Å². The van der Waals surface area contributed by atoms with Gasteiger partial charge in [-0.2, -0.15) is 0 Å². The fourth-order valence-corrected chi connectivity index (χ4v) is 2.40. The monoisotopic (exact) mass is 296 g/mol. The van der Waals surface area contributed by atoms with Crippen LogP contribution in [-0.4, -0.2) is 26.8 Å². The molecule has 0 aliphatic carbocycles. The quantitative estimate of drug-likeness (QED) is 0.825. The van der Waals surface area contributed by atoms with Crippen molar-refractivity contribution >= 4 is 21.6 Å². The first kappa shape index (κ1) is 15.3. The van der Waals surface area contributed by atoms with Crippen LogP contribution in [0, 0.1) is 11.6 Å². The van der Waals surface area contributed by atoms with E-state index in [2.05, 4.69) is 0 Å². The molecule has 0 heterocycles. The Morgan fingerprint density at radius 3 is 2.47 bits per heavy atom. The summed E-state index contributed by atoms with van der Waals surface area (Å²) in [4.78, 5) is 10.8. The van der Waals surface area contributed by atoms with E-state index in [4.69, 9.17) is 5.73 Å². The summed E-state index contributed by atoms with van der Waals surface area (Å²) in [6.45, 7) is -0.848. The van der Waals surface area contributed by atoms with Crippen molar-refractivity contribution in [2.75, 3.05) is 17.1 Å². The number of hydrogen-bond donors (Lipinski definition) is 2. The number of hydrogen-bond acceptors (Lipinski definition) is 3. The minimum Gasteiger partial charge on any atom is -0.365 e. The fourth-order valence-electron chi connectivity index (χ4n) is 1.32. The van der Waals surface area contributed by atoms with E-state index in [1.807, 2.05) is 0 Å². The van der Waals surface area contributed by atoms with Gasteiger partial charge < -0.3 is 5.73 Å². The number of carbonyl (C=O) groups is 1. The molecular weight excluding hydrogens is 285 g/mol. The molecule has 0 spiro atoms. The van der Waals surface area contributed by atoms with Gasteiger partial charge in [0.05, 0.1) is 18.1 Å². The number of nitrogens with two attached hydrogens (primary N) is 1. The van der Waals surface area contributed by atoms with Gasteiger partial charge >= 0.3 is 0 Å². The van der Waals surface area contributed by atoms with E-state index in [1.165, 1.54) is 0 Å². The van der Waals surface area contributed by atoms with Crippen molar-refractivity contribution in [3.8, 4) is 0 Å². The predicted molar refractivity (Wildman–Crippen MR) is 62.9 cm³/mol. The zero-order valence-electron chi connectivity index (χ0n) is 9.62. The maximum Gasteiger partial charge on any atom is 0.254 e. The normalized spacial score (nSPS) is 11.3. The summed E-state index contributed by atoms with van der Waals surface area (Å²) in [5, 5.41) is 0. The number of alkyl halides is 1. The van der Waals surface area contributed by atoms with E-state index in [0.717, 1.165) is 6.07 Å². The molecular formula is C10H11F3N2O3S. The first-order chi connectivity index (χ1) is 8.78. The molecule has 0 aliphatic rings. The number of nitrogens with one attached hydrogen (secondary N) is 1. The Labute approximate surface area is 107 Å². The summed E-state index contributed by atoms with van der Waals surface area (Å²) in [5.41, 5.74) is 3.13. The van der Waals surface area contributed by atoms with Crippen LogP contribution in [0.4, 0.5) is 18.9 Å². The van der Waals surface area contributed by atoms with Crippen LogP contribution in [0.2, 0.25) is 0 Å².